The van der Waals surface area contributed by atoms with Gasteiger partial charge in [0.1, 0.15) is 6.54 Å². The number of hydrogen-bond acceptors (Lipinski definition) is 4. The van der Waals surface area contributed by atoms with Crippen molar-refractivity contribution in [3.63, 3.8) is 0 Å². The molecule has 0 aromatic carbocycles. The normalized spacial score (nSPS) is 13.8. The van der Waals surface area contributed by atoms with Gasteiger partial charge in [0, 0.05) is 0 Å². The molecular formula is C4H11N3O2. The fraction of sp³-hybridized carbons (Fsp3) is 0.750. The zero-order valence-corrected chi connectivity index (χ0v) is 5.26. The van der Waals surface area contributed by atoms with E-state index in [0.29, 0.717) is 4.90 Å². The van der Waals surface area contributed by atoms with Gasteiger partial charge in [-0.25, -0.2) is 0 Å². The third kappa shape index (κ3) is 3.89. The lowest BCUT2D eigenvalue weighted by atomic mass is 10.6. The molecule has 0 radical (unpaired) electrons. The fourth-order valence-electron chi connectivity index (χ4n) is 0.346. The van der Waals surface area contributed by atoms with Crippen LogP contribution in [0.3, 0.4) is 0 Å². The van der Waals surface area contributed by atoms with Gasteiger partial charge in [0.2, 0.25) is 0 Å². The molecule has 0 amide bonds. The predicted molar refractivity (Wildman–Crippen MR) is 28.9 cm³/mol. The van der Waals surface area contributed by atoms with E-state index in [9.17, 15) is 9.90 Å². The van der Waals surface area contributed by atoms with Crippen molar-refractivity contribution >= 4 is 5.97 Å². The zero-order valence-electron chi connectivity index (χ0n) is 5.26. The minimum Gasteiger partial charge on any atom is -0.544 e. The van der Waals surface area contributed by atoms with Crippen LogP contribution in [0.1, 0.15) is 0 Å². The molecule has 0 saturated carbocycles. The lowest BCUT2D eigenvalue weighted by molar-refractivity contribution is -0.899. The number of carbonyl (C=O) groups is 1. The van der Waals surface area contributed by atoms with Crippen molar-refractivity contribution in [2.75, 3.05) is 13.6 Å². The van der Waals surface area contributed by atoms with E-state index in [1.54, 1.807) is 7.05 Å². The van der Waals surface area contributed by atoms with E-state index in [-0.39, 0.29) is 6.54 Å². The van der Waals surface area contributed by atoms with Gasteiger partial charge in [0.15, 0.2) is 6.29 Å². The first-order chi connectivity index (χ1) is 4.04. The number of rotatable bonds is 3. The number of likely N-dealkylation sites (N-methyl/N-ethyl adjacent to an activating group) is 1. The van der Waals surface area contributed by atoms with Gasteiger partial charge < -0.3 is 14.8 Å². The maximum absolute atomic E-state index is 9.87. The summed E-state index contributed by atoms with van der Waals surface area (Å²) in [5.41, 5.74) is 10.3. The molecule has 1 unspecified atom stereocenters. The number of quaternary nitrogens is 1. The molecule has 9 heavy (non-hydrogen) atoms. The Hall–Kier alpha value is -0.650. The molecule has 0 saturated heterocycles. The highest BCUT2D eigenvalue weighted by molar-refractivity contribution is 5.65. The van der Waals surface area contributed by atoms with Crippen LogP contribution in [0.25, 0.3) is 0 Å². The van der Waals surface area contributed by atoms with Crippen LogP contribution < -0.4 is 21.5 Å². The van der Waals surface area contributed by atoms with Crippen molar-refractivity contribution in [2.24, 2.45) is 11.5 Å². The van der Waals surface area contributed by atoms with Crippen molar-refractivity contribution in [2.45, 2.75) is 6.29 Å². The van der Waals surface area contributed by atoms with Crippen molar-refractivity contribution < 1.29 is 14.8 Å². The van der Waals surface area contributed by atoms with E-state index >= 15 is 0 Å². The Labute approximate surface area is 53.2 Å². The average Bonchev–Trinajstić information content (AvgIpc) is 1.63. The van der Waals surface area contributed by atoms with E-state index in [1.165, 1.54) is 0 Å². The second kappa shape index (κ2) is 3.39. The summed E-state index contributed by atoms with van der Waals surface area (Å²) < 4.78 is 0. The van der Waals surface area contributed by atoms with Crippen LogP contribution in [0.4, 0.5) is 0 Å². The van der Waals surface area contributed by atoms with Crippen LogP contribution in [0.5, 0.6) is 0 Å². The van der Waals surface area contributed by atoms with E-state index in [1.807, 2.05) is 0 Å². The Morgan fingerprint density at radius 3 is 2.33 bits per heavy atom. The maximum Gasteiger partial charge on any atom is 0.193 e. The lowest BCUT2D eigenvalue weighted by Crippen LogP contribution is -3.17. The quantitative estimate of drug-likeness (QED) is 0.338. The molecule has 0 aliphatic carbocycles. The van der Waals surface area contributed by atoms with E-state index in [4.69, 9.17) is 11.5 Å². The minimum atomic E-state index is -1.14. The first kappa shape index (κ1) is 8.35. The molecule has 0 bridgehead atoms. The highest BCUT2D eigenvalue weighted by atomic mass is 16.4. The molecule has 0 aliphatic heterocycles. The smallest absolute Gasteiger partial charge is 0.193 e. The molecular weight excluding hydrogens is 122 g/mol. The molecule has 5 nitrogen and oxygen atoms in total. The molecule has 1 atom stereocenters. The van der Waals surface area contributed by atoms with Crippen LogP contribution in [0.2, 0.25) is 0 Å². The first-order valence-corrected chi connectivity index (χ1v) is 2.57. The number of aliphatic carboxylic acids is 1. The third-order valence-electron chi connectivity index (χ3n) is 0.992. The predicted octanol–water partition coefficient (Wildman–Crippen LogP) is -4.55. The number of carboxylic acid groups (broad SMARTS) is 1. The number of carboxylic acids is 1. The molecule has 5 N–H and O–H groups in total. The summed E-state index contributed by atoms with van der Waals surface area (Å²) in [4.78, 5) is 10.4. The summed E-state index contributed by atoms with van der Waals surface area (Å²) in [6.45, 7) is -0.155. The highest BCUT2D eigenvalue weighted by Gasteiger charge is 2.05. The Bertz CT molecular complexity index is 104. The molecule has 0 fully saturated rings. The number of nitrogens with one attached hydrogen (secondary N) is 1. The van der Waals surface area contributed by atoms with Gasteiger partial charge in [0.25, 0.3) is 0 Å². The summed E-state index contributed by atoms with van der Waals surface area (Å²) in [5, 5.41) is 9.87. The third-order valence-corrected chi connectivity index (χ3v) is 0.992. The van der Waals surface area contributed by atoms with E-state index in [0.717, 1.165) is 0 Å². The van der Waals surface area contributed by atoms with E-state index in [2.05, 4.69) is 0 Å². The van der Waals surface area contributed by atoms with Crippen LogP contribution in [-0.2, 0) is 4.79 Å². The van der Waals surface area contributed by atoms with Gasteiger partial charge in [-0.2, -0.15) is 0 Å². The Kier molecular flexibility index (Phi) is 3.15. The summed E-state index contributed by atoms with van der Waals surface area (Å²) in [7, 11) is 1.58. The van der Waals surface area contributed by atoms with Gasteiger partial charge >= 0.3 is 0 Å². The van der Waals surface area contributed by atoms with Crippen LogP contribution in [0, 0.1) is 0 Å². The minimum absolute atomic E-state index is 0.155. The summed E-state index contributed by atoms with van der Waals surface area (Å²) in [5.74, 6) is -1.14. The van der Waals surface area contributed by atoms with Crippen molar-refractivity contribution in [1.82, 2.24) is 0 Å². The van der Waals surface area contributed by atoms with Gasteiger partial charge in [-0.1, -0.05) is 0 Å². The lowest BCUT2D eigenvalue weighted by Gasteiger charge is -2.17. The van der Waals surface area contributed by atoms with Crippen molar-refractivity contribution in [1.29, 1.82) is 0 Å². The topological polar surface area (TPSA) is 96.6 Å². The van der Waals surface area contributed by atoms with Crippen LogP contribution in [-0.4, -0.2) is 25.9 Å². The summed E-state index contributed by atoms with van der Waals surface area (Å²) >= 11 is 0. The molecule has 54 valence electrons. The largest absolute Gasteiger partial charge is 0.544 e. The fourth-order valence-corrected chi connectivity index (χ4v) is 0.346. The van der Waals surface area contributed by atoms with Gasteiger partial charge in [-0.05, 0) is 0 Å². The number of nitrogens with two attached hydrogens (primary N) is 2. The molecule has 5 heteroatoms. The monoisotopic (exact) mass is 133 g/mol. The van der Waals surface area contributed by atoms with E-state index < -0.39 is 12.3 Å². The molecule has 0 aromatic rings. The second-order valence-corrected chi connectivity index (χ2v) is 1.92. The molecule has 0 heterocycles. The molecule has 0 spiro atoms. The SMILES string of the molecule is C[NH+](CC(=O)[O-])C(N)N. The Morgan fingerprint density at radius 2 is 2.22 bits per heavy atom. The summed E-state index contributed by atoms with van der Waals surface area (Å²) in [6.07, 6.45) is -0.650. The number of carbonyl (C=O) groups excluding carboxylic acids is 1. The average molecular weight is 133 g/mol. The van der Waals surface area contributed by atoms with Gasteiger partial charge in [-0.3, -0.25) is 11.5 Å². The summed E-state index contributed by atoms with van der Waals surface area (Å²) in [6, 6.07) is 0. The highest BCUT2D eigenvalue weighted by Crippen LogP contribution is 1.43. The van der Waals surface area contributed by atoms with Crippen LogP contribution >= 0.6 is 0 Å². The first-order valence-electron chi connectivity index (χ1n) is 2.57. The standard InChI is InChI=1S/C4H11N3O2/c1-7(4(5)6)2-3(8)9/h4H,2,5-6H2,1H3,(H,8,9). The Morgan fingerprint density at radius 1 is 1.78 bits per heavy atom. The van der Waals surface area contributed by atoms with Gasteiger partial charge in [0.05, 0.1) is 13.0 Å². The Balaban J connectivity index is 3.50. The molecule has 0 aliphatic rings. The van der Waals surface area contributed by atoms with Crippen LogP contribution in [0.15, 0.2) is 0 Å². The number of hydrogen-bond donors (Lipinski definition) is 3. The molecule has 0 aromatic heterocycles. The van der Waals surface area contributed by atoms with Crippen molar-refractivity contribution in [3.8, 4) is 0 Å². The maximum atomic E-state index is 9.87. The van der Waals surface area contributed by atoms with Gasteiger partial charge in [-0.15, -0.1) is 0 Å². The zero-order chi connectivity index (χ0) is 7.44. The second-order valence-electron chi connectivity index (χ2n) is 1.92. The molecule has 0 rings (SSSR count). The van der Waals surface area contributed by atoms with Crippen molar-refractivity contribution in [3.05, 3.63) is 0 Å².